The first-order valence-corrected chi connectivity index (χ1v) is 12.7. The second-order valence-corrected chi connectivity index (χ2v) is 10.2. The number of hydrogen-bond acceptors (Lipinski definition) is 4. The fourth-order valence-electron chi connectivity index (χ4n) is 4.38. The number of aromatic nitrogens is 2. The molecule has 6 rings (SSSR count). The highest BCUT2D eigenvalue weighted by Gasteiger charge is 2.26. The maximum Gasteiger partial charge on any atom is 0.207 e. The lowest BCUT2D eigenvalue weighted by Gasteiger charge is -2.14. The lowest BCUT2D eigenvalue weighted by molar-refractivity contribution is 0.596. The van der Waals surface area contributed by atoms with Crippen molar-refractivity contribution in [3.05, 3.63) is 121 Å². The maximum atomic E-state index is 14.1. The molecule has 0 aliphatic heterocycles. The number of hydrogen-bond donors (Lipinski definition) is 0. The molecule has 35 heavy (non-hydrogen) atoms. The number of para-hydroxylation sites is 2. The number of benzene rings is 4. The molecule has 0 amide bonds. The molecule has 0 atom stereocenters. The summed E-state index contributed by atoms with van der Waals surface area (Å²) in [5, 5.41) is 2.01. The molecule has 0 radical (unpaired) electrons. The van der Waals surface area contributed by atoms with Gasteiger partial charge < -0.3 is 0 Å². The van der Waals surface area contributed by atoms with Crippen molar-refractivity contribution in [3.8, 4) is 22.5 Å². The molecule has 4 aromatic carbocycles. The largest absolute Gasteiger partial charge is 0.248 e. The normalized spacial score (nSPS) is 11.7. The van der Waals surface area contributed by atoms with Crippen LogP contribution in [0.15, 0.2) is 131 Å². The maximum absolute atomic E-state index is 14.1. The summed E-state index contributed by atoms with van der Waals surface area (Å²) in [6.07, 6.45) is 0. The minimum absolute atomic E-state index is 0.219. The highest BCUT2D eigenvalue weighted by atomic mass is 32.2. The van der Waals surface area contributed by atoms with Gasteiger partial charge in [0.1, 0.15) is 0 Å². The minimum atomic E-state index is -3.88. The molecule has 0 saturated carbocycles. The van der Waals surface area contributed by atoms with Crippen LogP contribution in [0.1, 0.15) is 0 Å². The summed E-state index contributed by atoms with van der Waals surface area (Å²) in [5.41, 5.74) is 4.00. The van der Waals surface area contributed by atoms with Crippen molar-refractivity contribution in [2.45, 2.75) is 9.79 Å². The molecular formula is C30H20N2O2S. The predicted octanol–water partition coefficient (Wildman–Crippen LogP) is 6.95. The van der Waals surface area contributed by atoms with Crippen molar-refractivity contribution in [3.63, 3.8) is 0 Å². The third kappa shape index (κ3) is 3.76. The average molecular weight is 473 g/mol. The Hall–Kier alpha value is -4.35. The van der Waals surface area contributed by atoms with Gasteiger partial charge in [-0.15, -0.1) is 0 Å². The second-order valence-electron chi connectivity index (χ2n) is 8.27. The average Bonchev–Trinajstić information content (AvgIpc) is 2.92. The summed E-state index contributed by atoms with van der Waals surface area (Å²) in [6.45, 7) is 0. The van der Waals surface area contributed by atoms with Gasteiger partial charge >= 0.3 is 0 Å². The van der Waals surface area contributed by atoms with Crippen LogP contribution in [0.2, 0.25) is 0 Å². The van der Waals surface area contributed by atoms with E-state index in [9.17, 15) is 8.42 Å². The van der Waals surface area contributed by atoms with Crippen LogP contribution >= 0.6 is 0 Å². The molecule has 2 aromatic heterocycles. The van der Waals surface area contributed by atoms with Crippen molar-refractivity contribution < 1.29 is 8.42 Å². The van der Waals surface area contributed by atoms with Crippen LogP contribution < -0.4 is 0 Å². The molecule has 2 heterocycles. The van der Waals surface area contributed by atoms with Gasteiger partial charge in [-0.2, -0.15) is 0 Å². The van der Waals surface area contributed by atoms with Gasteiger partial charge in [-0.1, -0.05) is 84.9 Å². The molecule has 0 spiro atoms. The van der Waals surface area contributed by atoms with E-state index in [4.69, 9.17) is 9.97 Å². The molecule has 0 aliphatic rings. The van der Waals surface area contributed by atoms with E-state index in [0.717, 1.165) is 21.8 Å². The first kappa shape index (κ1) is 21.2. The minimum Gasteiger partial charge on any atom is -0.248 e. The van der Waals surface area contributed by atoms with Gasteiger partial charge in [0.25, 0.3) is 0 Å². The Kier molecular flexibility index (Phi) is 5.12. The fourth-order valence-corrected chi connectivity index (χ4v) is 6.05. The van der Waals surface area contributed by atoms with Gasteiger partial charge in [0, 0.05) is 21.9 Å². The van der Waals surface area contributed by atoms with Gasteiger partial charge in [0.15, 0.2) is 0 Å². The predicted molar refractivity (Wildman–Crippen MR) is 140 cm³/mol. The number of rotatable bonds is 4. The van der Waals surface area contributed by atoms with Crippen LogP contribution in [0.3, 0.4) is 0 Å². The van der Waals surface area contributed by atoms with E-state index in [1.165, 1.54) is 0 Å². The lowest BCUT2D eigenvalue weighted by Crippen LogP contribution is -2.06. The van der Waals surface area contributed by atoms with Crippen molar-refractivity contribution in [2.24, 2.45) is 0 Å². The van der Waals surface area contributed by atoms with Gasteiger partial charge in [0.05, 0.1) is 32.2 Å². The Bertz CT molecular complexity index is 1700. The van der Waals surface area contributed by atoms with E-state index in [2.05, 4.69) is 0 Å². The quantitative estimate of drug-likeness (QED) is 0.279. The molecule has 0 unspecified atom stereocenters. The van der Waals surface area contributed by atoms with Crippen LogP contribution in [0.4, 0.5) is 0 Å². The Morgan fingerprint density at radius 2 is 0.829 bits per heavy atom. The summed E-state index contributed by atoms with van der Waals surface area (Å²) in [5.74, 6) is 0. The lowest BCUT2D eigenvalue weighted by atomic mass is 10.1. The van der Waals surface area contributed by atoms with Crippen molar-refractivity contribution >= 4 is 31.6 Å². The van der Waals surface area contributed by atoms with E-state index in [0.29, 0.717) is 22.5 Å². The van der Waals surface area contributed by atoms with Gasteiger partial charge in [-0.3, -0.25) is 0 Å². The second kappa shape index (κ2) is 8.46. The topological polar surface area (TPSA) is 59.9 Å². The van der Waals surface area contributed by atoms with E-state index in [1.54, 1.807) is 36.4 Å². The summed E-state index contributed by atoms with van der Waals surface area (Å²) in [7, 11) is -3.88. The Morgan fingerprint density at radius 1 is 0.429 bits per heavy atom. The molecule has 6 aromatic rings. The third-order valence-electron chi connectivity index (χ3n) is 6.10. The summed E-state index contributed by atoms with van der Waals surface area (Å²) in [4.78, 5) is 9.94. The number of sulfone groups is 1. The monoisotopic (exact) mass is 472 g/mol. The standard InChI is InChI=1S/C30H20N2O2S/c33-35(34,29-15-7-3-11-23(29)27-19-17-21-9-1-5-13-25(21)31-27)30-16-8-4-12-24(30)28-20-18-22-10-2-6-14-26(22)32-28/h1-20H. The van der Waals surface area contributed by atoms with Gasteiger partial charge in [0.2, 0.25) is 9.84 Å². The van der Waals surface area contributed by atoms with E-state index in [-0.39, 0.29) is 9.79 Å². The van der Waals surface area contributed by atoms with Gasteiger partial charge in [-0.25, -0.2) is 18.4 Å². The Labute approximate surface area is 203 Å². The molecule has 0 aliphatic carbocycles. The number of pyridine rings is 2. The first-order valence-electron chi connectivity index (χ1n) is 11.3. The van der Waals surface area contributed by atoms with Crippen molar-refractivity contribution in [1.29, 1.82) is 0 Å². The van der Waals surface area contributed by atoms with Crippen LogP contribution in [0, 0.1) is 0 Å². The summed E-state index contributed by atoms with van der Waals surface area (Å²) < 4.78 is 28.2. The van der Waals surface area contributed by atoms with Crippen LogP contribution in [-0.4, -0.2) is 18.4 Å². The molecule has 0 fully saturated rings. The fraction of sp³-hybridized carbons (Fsp3) is 0. The molecule has 0 N–H and O–H groups in total. The molecule has 0 bridgehead atoms. The highest BCUT2D eigenvalue weighted by molar-refractivity contribution is 7.91. The SMILES string of the molecule is O=S(=O)(c1ccccc1-c1ccc2ccccc2n1)c1ccccc1-c1ccc2ccccc2n1. The molecule has 168 valence electrons. The highest BCUT2D eigenvalue weighted by Crippen LogP contribution is 2.36. The smallest absolute Gasteiger partial charge is 0.207 e. The molecule has 0 saturated heterocycles. The first-order chi connectivity index (χ1) is 17.1. The number of nitrogens with zero attached hydrogens (tertiary/aromatic N) is 2. The molecular weight excluding hydrogens is 452 g/mol. The summed E-state index contributed by atoms with van der Waals surface area (Å²) >= 11 is 0. The zero-order valence-corrected chi connectivity index (χ0v) is 19.5. The summed E-state index contributed by atoms with van der Waals surface area (Å²) in [6, 6.07) is 37.3. The van der Waals surface area contributed by atoms with Crippen molar-refractivity contribution in [1.82, 2.24) is 9.97 Å². The number of fused-ring (bicyclic) bond motifs is 2. The molecule has 5 heteroatoms. The molecule has 4 nitrogen and oxygen atoms in total. The zero-order chi connectivity index (χ0) is 23.8. The van der Waals surface area contributed by atoms with E-state index < -0.39 is 9.84 Å². The van der Waals surface area contributed by atoms with E-state index in [1.807, 2.05) is 84.9 Å². The zero-order valence-electron chi connectivity index (χ0n) is 18.7. The van der Waals surface area contributed by atoms with Crippen LogP contribution in [0.5, 0.6) is 0 Å². The Morgan fingerprint density at radius 3 is 1.31 bits per heavy atom. The Balaban J connectivity index is 1.52. The van der Waals surface area contributed by atoms with Crippen LogP contribution in [0.25, 0.3) is 44.3 Å². The van der Waals surface area contributed by atoms with Crippen LogP contribution in [-0.2, 0) is 9.84 Å². The van der Waals surface area contributed by atoms with Crippen molar-refractivity contribution in [2.75, 3.05) is 0 Å². The van der Waals surface area contributed by atoms with E-state index >= 15 is 0 Å². The van der Waals surface area contributed by atoms with Gasteiger partial charge in [-0.05, 0) is 36.4 Å². The third-order valence-corrected chi connectivity index (χ3v) is 7.97.